The Morgan fingerprint density at radius 1 is 1.06 bits per heavy atom. The Kier molecular flexibility index (Phi) is 9.83. The van der Waals surface area contributed by atoms with Gasteiger partial charge in [0.2, 0.25) is 11.8 Å². The van der Waals surface area contributed by atoms with Gasteiger partial charge in [0, 0.05) is 30.7 Å². The van der Waals surface area contributed by atoms with Crippen LogP contribution >= 0.6 is 0 Å². The minimum atomic E-state index is -3.34. The fourth-order valence-corrected chi connectivity index (χ4v) is 4.56. The molecule has 35 heavy (non-hydrogen) atoms. The van der Waals surface area contributed by atoms with E-state index in [9.17, 15) is 22.8 Å². The molecule has 190 valence electrons. The monoisotopic (exact) mass is 504 g/mol. The van der Waals surface area contributed by atoms with Crippen LogP contribution in [0.3, 0.4) is 0 Å². The minimum Gasteiger partial charge on any atom is -0.369 e. The molecule has 0 saturated carbocycles. The maximum absolute atomic E-state index is 12.7. The van der Waals surface area contributed by atoms with Crippen molar-refractivity contribution in [2.75, 3.05) is 26.1 Å². The summed E-state index contributed by atoms with van der Waals surface area (Å²) in [6.45, 7) is 1.53. The second-order valence-corrected chi connectivity index (χ2v) is 10.4. The van der Waals surface area contributed by atoms with E-state index in [0.29, 0.717) is 31.7 Å². The van der Waals surface area contributed by atoms with Crippen LogP contribution in [0.25, 0.3) is 0 Å². The molecule has 1 unspecified atom stereocenters. The fraction of sp³-hybridized carbons (Fsp3) is 0.560. The molecule has 0 radical (unpaired) electrons. The molecule has 2 aliphatic heterocycles. The number of piperidine rings is 1. The Hall–Kier alpha value is -2.74. The molecule has 0 spiro atoms. The zero-order chi connectivity index (χ0) is 25.3. The van der Waals surface area contributed by atoms with Gasteiger partial charge in [0.15, 0.2) is 0 Å². The number of hydrogen-bond donors (Lipinski definition) is 1. The molecule has 2 heterocycles. The highest BCUT2D eigenvalue weighted by Crippen LogP contribution is 2.28. The average Bonchev–Trinajstić information content (AvgIpc) is 3.11. The van der Waals surface area contributed by atoms with Crippen LogP contribution in [0.15, 0.2) is 18.2 Å². The van der Waals surface area contributed by atoms with Crippen LogP contribution in [0.4, 0.5) is 0 Å². The normalized spacial score (nSPS) is 17.7. The maximum atomic E-state index is 12.7. The van der Waals surface area contributed by atoms with Crippen molar-refractivity contribution >= 4 is 27.8 Å². The Bertz CT molecular complexity index is 1100. The topological polar surface area (TPSA) is 119 Å². The summed E-state index contributed by atoms with van der Waals surface area (Å²) in [5.74, 6) is 5.13. The van der Waals surface area contributed by atoms with Gasteiger partial charge < -0.3 is 9.64 Å². The molecular weight excluding hydrogens is 472 g/mol. The molecule has 3 rings (SSSR count). The van der Waals surface area contributed by atoms with Crippen LogP contribution in [0.1, 0.15) is 72.9 Å². The van der Waals surface area contributed by atoms with Gasteiger partial charge in [0.1, 0.15) is 12.6 Å². The Labute approximate surface area is 206 Å². The van der Waals surface area contributed by atoms with Crippen molar-refractivity contribution in [1.82, 2.24) is 10.2 Å². The Morgan fingerprint density at radius 3 is 2.49 bits per heavy atom. The number of ether oxygens (including phenoxy) is 1. The van der Waals surface area contributed by atoms with E-state index in [1.54, 1.807) is 12.1 Å². The summed E-state index contributed by atoms with van der Waals surface area (Å²) in [5, 5.41) is 2.30. The fourth-order valence-electron chi connectivity index (χ4n) is 4.14. The maximum Gasteiger partial charge on any atom is 0.264 e. The molecule has 0 aromatic heterocycles. The molecule has 1 aromatic carbocycles. The molecular formula is C25H32N2O7S. The summed E-state index contributed by atoms with van der Waals surface area (Å²) >= 11 is 0. The number of hydrogen-bond acceptors (Lipinski definition) is 7. The summed E-state index contributed by atoms with van der Waals surface area (Å²) in [4.78, 5) is 37.8. The Morgan fingerprint density at radius 2 is 1.77 bits per heavy atom. The molecule has 1 fully saturated rings. The number of unbranched alkanes of at least 4 members (excludes halogenated alkanes) is 5. The summed E-state index contributed by atoms with van der Waals surface area (Å²) in [7, 11) is -3.34. The lowest BCUT2D eigenvalue weighted by atomic mass is 10.0. The van der Waals surface area contributed by atoms with Crippen molar-refractivity contribution in [2.45, 2.75) is 64.0 Å². The zero-order valence-electron chi connectivity index (χ0n) is 20.0. The number of amides is 3. The average molecular weight is 505 g/mol. The summed E-state index contributed by atoms with van der Waals surface area (Å²) in [6, 6.07) is 4.78. The van der Waals surface area contributed by atoms with Gasteiger partial charge in [0.05, 0.1) is 12.9 Å². The SMILES string of the molecule is CS(=O)(=O)OCCCCCCCCOCC#Cc1ccc2c(c1)CN(C1CCC(=O)NC1=O)C2=O. The number of fused-ring (bicyclic) bond motifs is 1. The molecule has 10 heteroatoms. The number of nitrogens with zero attached hydrogens (tertiary/aromatic N) is 1. The second kappa shape index (κ2) is 12.8. The molecule has 1 N–H and O–H groups in total. The van der Waals surface area contributed by atoms with Gasteiger partial charge in [-0.15, -0.1) is 0 Å². The van der Waals surface area contributed by atoms with E-state index in [0.717, 1.165) is 55.9 Å². The van der Waals surface area contributed by atoms with Crippen LogP contribution < -0.4 is 5.32 Å². The summed E-state index contributed by atoms with van der Waals surface area (Å²) in [5.41, 5.74) is 2.18. The van der Waals surface area contributed by atoms with E-state index in [-0.39, 0.29) is 24.8 Å². The third-order valence-corrected chi connectivity index (χ3v) is 6.51. The standard InChI is InChI=1S/C25H32N2O7S/c1-35(31,32)34-16-7-5-3-2-4-6-14-33-15-8-9-19-10-11-21-20(17-19)18-27(25(21)30)22-12-13-23(28)26-24(22)29/h10-11,17,22H,2-7,12-16,18H2,1H3,(H,26,28,29). The number of imide groups is 1. The smallest absolute Gasteiger partial charge is 0.264 e. The van der Waals surface area contributed by atoms with Crippen LogP contribution in [0.2, 0.25) is 0 Å². The molecule has 2 aliphatic rings. The lowest BCUT2D eigenvalue weighted by molar-refractivity contribution is -0.136. The highest BCUT2D eigenvalue weighted by molar-refractivity contribution is 7.85. The van der Waals surface area contributed by atoms with E-state index in [1.165, 1.54) is 4.90 Å². The highest BCUT2D eigenvalue weighted by Gasteiger charge is 2.38. The predicted octanol–water partition coefficient (Wildman–Crippen LogP) is 2.13. The highest BCUT2D eigenvalue weighted by atomic mass is 32.2. The van der Waals surface area contributed by atoms with Crippen LogP contribution in [-0.2, 0) is 35.2 Å². The predicted molar refractivity (Wildman–Crippen MR) is 129 cm³/mol. The molecule has 0 aliphatic carbocycles. The lowest BCUT2D eigenvalue weighted by Crippen LogP contribution is -2.52. The largest absolute Gasteiger partial charge is 0.369 e. The van der Waals surface area contributed by atoms with E-state index >= 15 is 0 Å². The van der Waals surface area contributed by atoms with Crippen LogP contribution in [0.5, 0.6) is 0 Å². The van der Waals surface area contributed by atoms with Crippen molar-refractivity contribution in [3.05, 3.63) is 34.9 Å². The van der Waals surface area contributed by atoms with Crippen molar-refractivity contribution in [3.63, 3.8) is 0 Å². The van der Waals surface area contributed by atoms with Gasteiger partial charge in [-0.1, -0.05) is 37.5 Å². The number of benzene rings is 1. The van der Waals surface area contributed by atoms with Crippen molar-refractivity contribution in [1.29, 1.82) is 0 Å². The minimum absolute atomic E-state index is 0.195. The third kappa shape index (κ3) is 8.46. The molecule has 9 nitrogen and oxygen atoms in total. The van der Waals surface area contributed by atoms with Gasteiger partial charge in [0.25, 0.3) is 16.0 Å². The number of nitrogens with one attached hydrogen (secondary N) is 1. The van der Waals surface area contributed by atoms with Gasteiger partial charge in [-0.05, 0) is 43.0 Å². The van der Waals surface area contributed by atoms with E-state index in [1.807, 2.05) is 6.07 Å². The first kappa shape index (κ1) is 26.9. The molecule has 3 amide bonds. The van der Waals surface area contributed by atoms with Crippen molar-refractivity contribution in [3.8, 4) is 11.8 Å². The van der Waals surface area contributed by atoms with E-state index in [4.69, 9.17) is 8.92 Å². The van der Waals surface area contributed by atoms with Gasteiger partial charge >= 0.3 is 0 Å². The number of carbonyl (C=O) groups is 3. The van der Waals surface area contributed by atoms with Crippen molar-refractivity contribution < 1.29 is 31.7 Å². The first-order valence-electron chi connectivity index (χ1n) is 11.9. The third-order valence-electron chi connectivity index (χ3n) is 5.91. The molecule has 1 saturated heterocycles. The van der Waals surface area contributed by atoms with Crippen molar-refractivity contribution in [2.24, 2.45) is 0 Å². The van der Waals surface area contributed by atoms with E-state index in [2.05, 4.69) is 17.2 Å². The van der Waals surface area contributed by atoms with Crippen LogP contribution in [0, 0.1) is 11.8 Å². The van der Waals surface area contributed by atoms with Gasteiger partial charge in [-0.25, -0.2) is 0 Å². The van der Waals surface area contributed by atoms with E-state index < -0.39 is 22.1 Å². The summed E-state index contributed by atoms with van der Waals surface area (Å²) in [6.07, 6.45) is 7.41. The van der Waals surface area contributed by atoms with Gasteiger partial charge in [-0.3, -0.25) is 23.9 Å². The molecule has 1 aromatic rings. The zero-order valence-corrected chi connectivity index (χ0v) is 20.8. The quantitative estimate of drug-likeness (QED) is 0.200. The Balaban J connectivity index is 1.32. The lowest BCUT2D eigenvalue weighted by Gasteiger charge is -2.29. The van der Waals surface area contributed by atoms with Crippen LogP contribution in [-0.4, -0.2) is 63.2 Å². The molecule has 0 bridgehead atoms. The molecule has 1 atom stereocenters. The number of rotatable bonds is 12. The second-order valence-electron chi connectivity index (χ2n) is 8.77. The first-order valence-corrected chi connectivity index (χ1v) is 13.7. The first-order chi connectivity index (χ1) is 16.7. The van der Waals surface area contributed by atoms with Gasteiger partial charge in [-0.2, -0.15) is 8.42 Å². The summed E-state index contributed by atoms with van der Waals surface area (Å²) < 4.78 is 32.0. The number of carbonyl (C=O) groups excluding carboxylic acids is 3.